The number of anilines is 1. The molecular weight excluding hydrogens is 321 g/mol. The number of hydrogen-bond donors (Lipinski definition) is 2. The Balaban J connectivity index is 2.34. The molecule has 0 radical (unpaired) electrons. The summed E-state index contributed by atoms with van der Waals surface area (Å²) >= 11 is 0. The maximum atomic E-state index is 12.8. The number of benzene rings is 1. The van der Waals surface area contributed by atoms with Crippen molar-refractivity contribution in [2.24, 2.45) is 0 Å². The van der Waals surface area contributed by atoms with Crippen LogP contribution in [0, 0.1) is 0 Å². The largest absolute Gasteiger partial charge is 0.416 e. The normalized spacial score (nSPS) is 22.0. The fraction of sp³-hybridized carbons (Fsp3) is 0.538. The number of nitrogens with one attached hydrogen (secondary N) is 2. The van der Waals surface area contributed by atoms with Crippen LogP contribution in [0.4, 0.5) is 18.9 Å². The van der Waals surface area contributed by atoms with Gasteiger partial charge in [0, 0.05) is 11.7 Å². The summed E-state index contributed by atoms with van der Waals surface area (Å²) in [6, 6.07) is 2.74. The minimum Gasteiger partial charge on any atom is -0.382 e. The fourth-order valence-corrected chi connectivity index (χ4v) is 2.67. The quantitative estimate of drug-likeness (QED) is 0.827. The first-order valence-electron chi connectivity index (χ1n) is 6.72. The highest BCUT2D eigenvalue weighted by molar-refractivity contribution is 7.85. The summed E-state index contributed by atoms with van der Waals surface area (Å²) in [5.41, 5.74) is 2.46. The molecule has 0 saturated carbocycles. The second kappa shape index (κ2) is 6.05. The molecule has 22 heavy (non-hydrogen) atoms. The summed E-state index contributed by atoms with van der Waals surface area (Å²) in [5.74, 6) is 0. The van der Waals surface area contributed by atoms with Gasteiger partial charge >= 0.3 is 6.18 Å². The highest BCUT2D eigenvalue weighted by Crippen LogP contribution is 2.38. The summed E-state index contributed by atoms with van der Waals surface area (Å²) < 4.78 is 65.2. The predicted molar refractivity (Wildman–Crippen MR) is 75.6 cm³/mol. The Hall–Kier alpha value is -1.32. The summed E-state index contributed by atoms with van der Waals surface area (Å²) in [6.45, 7) is 1.93. The highest BCUT2D eigenvalue weighted by atomic mass is 32.2. The van der Waals surface area contributed by atoms with Crippen LogP contribution in [0.15, 0.2) is 18.2 Å². The summed E-state index contributed by atoms with van der Waals surface area (Å²) in [7, 11) is -3.74. The molecule has 1 aliphatic rings. The first kappa shape index (κ1) is 17.0. The van der Waals surface area contributed by atoms with Gasteiger partial charge in [0.2, 0.25) is 0 Å². The number of rotatable bonds is 4. The van der Waals surface area contributed by atoms with E-state index >= 15 is 0 Å². The van der Waals surface area contributed by atoms with Gasteiger partial charge in [0.05, 0.1) is 17.9 Å². The van der Waals surface area contributed by atoms with E-state index in [1.54, 1.807) is 0 Å². The van der Waals surface area contributed by atoms with Crippen molar-refractivity contribution in [3.63, 3.8) is 0 Å². The average molecular weight is 338 g/mol. The molecule has 0 fully saturated rings. The first-order chi connectivity index (χ1) is 10.1. The van der Waals surface area contributed by atoms with Crippen LogP contribution in [0.25, 0.3) is 0 Å². The molecule has 0 aromatic heterocycles. The Kier molecular flexibility index (Phi) is 4.69. The van der Waals surface area contributed by atoms with Crippen molar-refractivity contribution in [3.8, 4) is 0 Å². The van der Waals surface area contributed by atoms with Crippen LogP contribution in [-0.4, -0.2) is 20.7 Å². The smallest absolute Gasteiger partial charge is 0.382 e. The predicted octanol–water partition coefficient (Wildman–Crippen LogP) is 2.82. The molecular formula is C13H17F3N2O3S. The molecule has 0 aliphatic carbocycles. The van der Waals surface area contributed by atoms with E-state index in [2.05, 4.69) is 15.1 Å². The molecule has 5 nitrogen and oxygen atoms in total. The maximum absolute atomic E-state index is 12.8. The molecule has 1 heterocycles. The van der Waals surface area contributed by atoms with E-state index in [4.69, 9.17) is 0 Å². The van der Waals surface area contributed by atoms with Crippen LogP contribution >= 0.6 is 0 Å². The summed E-state index contributed by atoms with van der Waals surface area (Å²) in [6.07, 6.45) is -2.43. The molecule has 0 spiro atoms. The van der Waals surface area contributed by atoms with E-state index < -0.39 is 27.9 Å². The van der Waals surface area contributed by atoms with Gasteiger partial charge in [0.15, 0.2) is 0 Å². The SMILES string of the molecule is CC[C@@H]1C[C@H](NOS(C)(=O)=O)c2cc(C(F)(F)F)ccc2N1. The van der Waals surface area contributed by atoms with E-state index in [0.29, 0.717) is 17.7 Å². The third-order valence-corrected chi connectivity index (χ3v) is 3.87. The van der Waals surface area contributed by atoms with E-state index in [1.807, 2.05) is 6.92 Å². The van der Waals surface area contributed by atoms with Gasteiger partial charge in [-0.1, -0.05) is 6.92 Å². The third kappa shape index (κ3) is 4.11. The van der Waals surface area contributed by atoms with Crippen molar-refractivity contribution in [2.45, 2.75) is 38.0 Å². The monoisotopic (exact) mass is 338 g/mol. The number of fused-ring (bicyclic) bond motifs is 1. The molecule has 0 amide bonds. The van der Waals surface area contributed by atoms with Gasteiger partial charge in [-0.2, -0.15) is 31.4 Å². The molecule has 1 aromatic rings. The van der Waals surface area contributed by atoms with Gasteiger partial charge in [-0.25, -0.2) is 0 Å². The zero-order valence-corrected chi connectivity index (χ0v) is 12.9. The van der Waals surface area contributed by atoms with Crippen molar-refractivity contribution in [1.82, 2.24) is 5.48 Å². The number of alkyl halides is 3. The van der Waals surface area contributed by atoms with Gasteiger partial charge in [-0.15, -0.1) is 0 Å². The molecule has 2 N–H and O–H groups in total. The Labute approximate surface area is 126 Å². The van der Waals surface area contributed by atoms with Crippen LogP contribution in [-0.2, 0) is 20.6 Å². The minimum atomic E-state index is -4.46. The maximum Gasteiger partial charge on any atom is 0.416 e. The number of hydroxylamine groups is 1. The highest BCUT2D eigenvalue weighted by Gasteiger charge is 2.34. The van der Waals surface area contributed by atoms with Gasteiger partial charge in [-0.05, 0) is 36.6 Å². The number of halogens is 3. The molecule has 0 bridgehead atoms. The van der Waals surface area contributed by atoms with Gasteiger partial charge in [0.1, 0.15) is 0 Å². The van der Waals surface area contributed by atoms with Gasteiger partial charge in [0.25, 0.3) is 10.1 Å². The summed E-state index contributed by atoms with van der Waals surface area (Å²) in [4.78, 5) is 0. The molecule has 2 rings (SSSR count). The van der Waals surface area contributed by atoms with Crippen LogP contribution in [0.3, 0.4) is 0 Å². The molecule has 2 atom stereocenters. The van der Waals surface area contributed by atoms with E-state index in [9.17, 15) is 21.6 Å². The van der Waals surface area contributed by atoms with Crippen molar-refractivity contribution >= 4 is 15.8 Å². The van der Waals surface area contributed by atoms with Crippen molar-refractivity contribution in [1.29, 1.82) is 0 Å². The van der Waals surface area contributed by atoms with E-state index in [-0.39, 0.29) is 6.04 Å². The van der Waals surface area contributed by atoms with Crippen LogP contribution < -0.4 is 10.8 Å². The van der Waals surface area contributed by atoms with Crippen LogP contribution in [0.1, 0.15) is 36.9 Å². The Morgan fingerprint density at radius 2 is 2.09 bits per heavy atom. The van der Waals surface area contributed by atoms with Gasteiger partial charge < -0.3 is 5.32 Å². The lowest BCUT2D eigenvalue weighted by atomic mass is 9.91. The first-order valence-corrected chi connectivity index (χ1v) is 8.53. The lowest BCUT2D eigenvalue weighted by Gasteiger charge is -2.33. The second-order valence-electron chi connectivity index (χ2n) is 5.24. The molecule has 124 valence electrons. The molecule has 1 aliphatic heterocycles. The average Bonchev–Trinajstić information content (AvgIpc) is 2.42. The minimum absolute atomic E-state index is 0.0184. The topological polar surface area (TPSA) is 67.4 Å². The lowest BCUT2D eigenvalue weighted by Crippen LogP contribution is -2.35. The van der Waals surface area contributed by atoms with Gasteiger partial charge in [-0.3, -0.25) is 0 Å². The summed E-state index contributed by atoms with van der Waals surface area (Å²) in [5, 5.41) is 3.14. The molecule has 9 heteroatoms. The zero-order valence-electron chi connectivity index (χ0n) is 12.1. The molecule has 0 saturated heterocycles. The Morgan fingerprint density at radius 1 is 1.41 bits per heavy atom. The molecule has 0 unspecified atom stereocenters. The second-order valence-corrected chi connectivity index (χ2v) is 6.82. The van der Waals surface area contributed by atoms with E-state index in [0.717, 1.165) is 24.8 Å². The van der Waals surface area contributed by atoms with Crippen molar-refractivity contribution in [3.05, 3.63) is 29.3 Å². The van der Waals surface area contributed by atoms with Crippen LogP contribution in [0.2, 0.25) is 0 Å². The van der Waals surface area contributed by atoms with Crippen molar-refractivity contribution < 1.29 is 25.9 Å². The van der Waals surface area contributed by atoms with Crippen molar-refractivity contribution in [2.75, 3.05) is 11.6 Å². The Bertz CT molecular complexity index is 646. The lowest BCUT2D eigenvalue weighted by molar-refractivity contribution is -0.137. The van der Waals surface area contributed by atoms with E-state index in [1.165, 1.54) is 6.07 Å². The standard InChI is InChI=1S/C13H17F3N2O3S/c1-3-9-7-12(18-21-22(2,19)20)10-6-8(13(14,15)16)4-5-11(10)17-9/h4-6,9,12,17-18H,3,7H2,1-2H3/t9-,12+/m1/s1. The molecule has 1 aromatic carbocycles. The third-order valence-electron chi connectivity index (χ3n) is 3.47. The zero-order chi connectivity index (χ0) is 16.5. The number of hydrogen-bond acceptors (Lipinski definition) is 5. The van der Waals surface area contributed by atoms with Crippen LogP contribution in [0.5, 0.6) is 0 Å². The fourth-order valence-electron chi connectivity index (χ4n) is 2.37. The Morgan fingerprint density at radius 3 is 2.64 bits per heavy atom.